The van der Waals surface area contributed by atoms with E-state index in [-0.39, 0.29) is 5.17 Å². The third-order valence-electron chi connectivity index (χ3n) is 1.48. The molecule has 0 radical (unpaired) electrons. The summed E-state index contributed by atoms with van der Waals surface area (Å²) in [5.74, 6) is 0. The van der Waals surface area contributed by atoms with Crippen LogP contribution in [0, 0.1) is 5.41 Å². The molecule has 4 N–H and O–H groups in total. The van der Waals surface area contributed by atoms with Crippen LogP contribution in [-0.4, -0.2) is 9.49 Å². The van der Waals surface area contributed by atoms with Crippen molar-refractivity contribution in [1.29, 1.82) is 5.41 Å². The van der Waals surface area contributed by atoms with E-state index in [1.54, 1.807) is 0 Å². The molecule has 0 saturated carbocycles. The van der Waals surface area contributed by atoms with Gasteiger partial charge in [0, 0.05) is 6.54 Å². The van der Waals surface area contributed by atoms with Crippen molar-refractivity contribution in [2.24, 2.45) is 5.73 Å². The molecule has 1 aromatic rings. The zero-order chi connectivity index (χ0) is 10.4. The number of hydrogen-bond donors (Lipinski definition) is 3. The summed E-state index contributed by atoms with van der Waals surface area (Å²) in [4.78, 5) is 0. The molecule has 3 nitrogen and oxygen atoms in total. The Hall–Kier alpha value is -1.07. The Labute approximate surface area is 92.6 Å². The molecule has 0 spiro atoms. The maximum absolute atomic E-state index is 7.02. The molecule has 0 saturated heterocycles. The van der Waals surface area contributed by atoms with E-state index in [1.165, 1.54) is 0 Å². The number of thioether (sulfide) groups is 1. The molecular formula is C9H11N3S2. The minimum Gasteiger partial charge on any atom is -0.378 e. The lowest BCUT2D eigenvalue weighted by atomic mass is 10.2. The van der Waals surface area contributed by atoms with Crippen LogP contribution in [-0.2, 0) is 6.54 Å². The van der Waals surface area contributed by atoms with E-state index in [1.807, 2.05) is 30.3 Å². The van der Waals surface area contributed by atoms with E-state index < -0.39 is 0 Å². The Morgan fingerprint density at radius 2 is 2.07 bits per heavy atom. The Kier molecular flexibility index (Phi) is 4.42. The molecule has 1 rings (SSSR count). The van der Waals surface area contributed by atoms with Crippen LogP contribution in [0.5, 0.6) is 0 Å². The topological polar surface area (TPSA) is 61.9 Å². The lowest BCUT2D eigenvalue weighted by Gasteiger charge is -2.05. The summed E-state index contributed by atoms with van der Waals surface area (Å²) in [6.07, 6.45) is 0. The van der Waals surface area contributed by atoms with Gasteiger partial charge in [-0.2, -0.15) is 0 Å². The summed E-state index contributed by atoms with van der Waals surface area (Å²) in [5, 5.41) is 10.0. The van der Waals surface area contributed by atoms with E-state index in [0.29, 0.717) is 10.9 Å². The fraction of sp³-hybridized carbons (Fsp3) is 0.111. The van der Waals surface area contributed by atoms with Crippen LogP contribution in [0.1, 0.15) is 5.56 Å². The van der Waals surface area contributed by atoms with Gasteiger partial charge in [-0.3, -0.25) is 5.41 Å². The standard InChI is InChI=1S/C9H11N3S2/c10-8(11)14-9(13)12-6-7-4-2-1-3-5-7/h1-5H,6H2,(H3,10,11)(H,12,13). The van der Waals surface area contributed by atoms with Gasteiger partial charge in [0.1, 0.15) is 4.32 Å². The maximum Gasteiger partial charge on any atom is 0.158 e. The lowest BCUT2D eigenvalue weighted by Crippen LogP contribution is -2.21. The number of amidine groups is 1. The molecule has 14 heavy (non-hydrogen) atoms. The molecule has 0 aliphatic rings. The van der Waals surface area contributed by atoms with Gasteiger partial charge in [0.2, 0.25) is 0 Å². The molecule has 0 aliphatic heterocycles. The van der Waals surface area contributed by atoms with Crippen molar-refractivity contribution in [1.82, 2.24) is 5.32 Å². The van der Waals surface area contributed by atoms with Crippen LogP contribution >= 0.6 is 24.0 Å². The number of nitrogens with one attached hydrogen (secondary N) is 2. The molecule has 0 bridgehead atoms. The van der Waals surface area contributed by atoms with Gasteiger partial charge >= 0.3 is 0 Å². The lowest BCUT2D eigenvalue weighted by molar-refractivity contribution is 0.940. The second-order valence-electron chi connectivity index (χ2n) is 2.59. The van der Waals surface area contributed by atoms with Crippen LogP contribution in [0.25, 0.3) is 0 Å². The number of hydrogen-bond acceptors (Lipinski definition) is 3. The van der Waals surface area contributed by atoms with Crippen molar-refractivity contribution in [3.8, 4) is 0 Å². The SMILES string of the molecule is N=C(N)SC(=S)NCc1ccccc1. The molecule has 0 unspecified atom stereocenters. The molecule has 0 aromatic heterocycles. The Balaban J connectivity index is 2.34. The molecule has 1 aromatic carbocycles. The van der Waals surface area contributed by atoms with E-state index in [2.05, 4.69) is 5.32 Å². The summed E-state index contributed by atoms with van der Waals surface area (Å²) in [6, 6.07) is 9.92. The molecule has 0 fully saturated rings. The van der Waals surface area contributed by atoms with Gasteiger partial charge in [0.25, 0.3) is 0 Å². The van der Waals surface area contributed by atoms with Gasteiger partial charge in [0.05, 0.1) is 0 Å². The van der Waals surface area contributed by atoms with Crippen LogP contribution in [0.15, 0.2) is 30.3 Å². The second-order valence-corrected chi connectivity index (χ2v) is 4.31. The second kappa shape index (κ2) is 5.62. The highest BCUT2D eigenvalue weighted by Gasteiger charge is 1.98. The molecule has 5 heteroatoms. The predicted octanol–water partition coefficient (Wildman–Crippen LogP) is 1.69. The normalized spacial score (nSPS) is 9.43. The zero-order valence-electron chi connectivity index (χ0n) is 7.49. The molecule has 0 aliphatic carbocycles. The van der Waals surface area contributed by atoms with E-state index in [9.17, 15) is 0 Å². The third-order valence-corrected chi connectivity index (χ3v) is 2.43. The average molecular weight is 225 g/mol. The van der Waals surface area contributed by atoms with E-state index in [4.69, 9.17) is 23.4 Å². The van der Waals surface area contributed by atoms with Crippen molar-refractivity contribution in [2.75, 3.05) is 0 Å². The quantitative estimate of drug-likeness (QED) is 0.407. The molecule has 0 atom stereocenters. The number of thiocarbonyl (C=S) groups is 1. The van der Waals surface area contributed by atoms with Crippen LogP contribution in [0.4, 0.5) is 0 Å². The first-order valence-corrected chi connectivity index (χ1v) is 5.24. The Morgan fingerprint density at radius 3 is 2.64 bits per heavy atom. The first-order valence-electron chi connectivity index (χ1n) is 4.02. The van der Waals surface area contributed by atoms with Gasteiger partial charge in [-0.15, -0.1) is 0 Å². The number of rotatable bonds is 2. The van der Waals surface area contributed by atoms with Crippen molar-refractivity contribution in [2.45, 2.75) is 6.54 Å². The summed E-state index contributed by atoms with van der Waals surface area (Å²) >= 11 is 6.02. The minimum atomic E-state index is 0.00978. The summed E-state index contributed by atoms with van der Waals surface area (Å²) < 4.78 is 0.529. The third kappa shape index (κ3) is 4.25. The van der Waals surface area contributed by atoms with Gasteiger partial charge < -0.3 is 11.1 Å². The monoisotopic (exact) mass is 225 g/mol. The van der Waals surface area contributed by atoms with Gasteiger partial charge in [-0.05, 0) is 17.3 Å². The Bertz CT molecular complexity index is 324. The van der Waals surface area contributed by atoms with Crippen LogP contribution in [0.3, 0.4) is 0 Å². The van der Waals surface area contributed by atoms with E-state index >= 15 is 0 Å². The fourth-order valence-electron chi connectivity index (χ4n) is 0.906. The summed E-state index contributed by atoms with van der Waals surface area (Å²) in [5.41, 5.74) is 6.33. The van der Waals surface area contributed by atoms with Crippen LogP contribution < -0.4 is 11.1 Å². The van der Waals surface area contributed by atoms with Crippen LogP contribution in [0.2, 0.25) is 0 Å². The highest BCUT2D eigenvalue weighted by molar-refractivity contribution is 8.32. The zero-order valence-corrected chi connectivity index (χ0v) is 9.12. The average Bonchev–Trinajstić information content (AvgIpc) is 2.15. The predicted molar refractivity (Wildman–Crippen MR) is 65.4 cm³/mol. The van der Waals surface area contributed by atoms with Gasteiger partial charge in [-0.1, -0.05) is 42.5 Å². The Morgan fingerprint density at radius 1 is 1.43 bits per heavy atom. The summed E-state index contributed by atoms with van der Waals surface area (Å²) in [7, 11) is 0. The highest BCUT2D eigenvalue weighted by atomic mass is 32.2. The smallest absolute Gasteiger partial charge is 0.158 e. The van der Waals surface area contributed by atoms with Crippen molar-refractivity contribution >= 4 is 33.5 Å². The number of nitrogens with two attached hydrogens (primary N) is 1. The largest absolute Gasteiger partial charge is 0.378 e. The molecule has 0 amide bonds. The van der Waals surface area contributed by atoms with Crippen molar-refractivity contribution < 1.29 is 0 Å². The molecule has 0 heterocycles. The minimum absolute atomic E-state index is 0.00978. The van der Waals surface area contributed by atoms with Crippen molar-refractivity contribution in [3.05, 3.63) is 35.9 Å². The van der Waals surface area contributed by atoms with Gasteiger partial charge in [-0.25, -0.2) is 0 Å². The first kappa shape index (κ1) is 11.0. The first-order chi connectivity index (χ1) is 6.68. The summed E-state index contributed by atoms with van der Waals surface area (Å²) in [6.45, 7) is 0.667. The molecule has 74 valence electrons. The fourth-order valence-corrected chi connectivity index (χ4v) is 1.59. The van der Waals surface area contributed by atoms with E-state index in [0.717, 1.165) is 17.3 Å². The molecular weight excluding hydrogens is 214 g/mol. The van der Waals surface area contributed by atoms with Gasteiger partial charge in [0.15, 0.2) is 5.17 Å². The maximum atomic E-state index is 7.02. The highest BCUT2D eigenvalue weighted by Crippen LogP contribution is 2.02. The van der Waals surface area contributed by atoms with Crippen molar-refractivity contribution in [3.63, 3.8) is 0 Å². The number of benzene rings is 1.